The number of nitrogens with two attached hydrogens (primary N) is 1. The molecule has 0 radical (unpaired) electrons. The monoisotopic (exact) mass is 398 g/mol. The number of nitrogen functional groups attached to an aromatic ring is 1. The molecule has 10 heteroatoms. The van der Waals surface area contributed by atoms with Crippen molar-refractivity contribution in [3.8, 4) is 11.4 Å². The number of nitrogens with zero attached hydrogens (tertiary/aromatic N) is 3. The highest BCUT2D eigenvalue weighted by Gasteiger charge is 2.16. The van der Waals surface area contributed by atoms with Crippen LogP contribution in [0.15, 0.2) is 33.9 Å². The Morgan fingerprint density at radius 1 is 1.24 bits per heavy atom. The second-order valence-corrected chi connectivity index (χ2v) is 6.60. The Balaban J connectivity index is 1.94. The highest BCUT2D eigenvalue weighted by atomic mass is 16.5. The summed E-state index contributed by atoms with van der Waals surface area (Å²) in [6.07, 6.45) is 1.22. The summed E-state index contributed by atoms with van der Waals surface area (Å²) in [5, 5.41) is 7.47. The van der Waals surface area contributed by atoms with Gasteiger partial charge in [0.05, 0.1) is 7.11 Å². The van der Waals surface area contributed by atoms with Crippen LogP contribution in [0.25, 0.3) is 22.6 Å². The molecule has 1 aromatic carbocycles. The fourth-order valence-electron chi connectivity index (χ4n) is 3.08. The third-order valence-corrected chi connectivity index (χ3v) is 4.71. The molecule has 4 N–H and O–H groups in total. The van der Waals surface area contributed by atoms with Gasteiger partial charge in [-0.1, -0.05) is 24.3 Å². The highest BCUT2D eigenvalue weighted by molar-refractivity contribution is 5.95. The number of aromatic nitrogens is 4. The summed E-state index contributed by atoms with van der Waals surface area (Å²) in [4.78, 5) is 43.5. The van der Waals surface area contributed by atoms with E-state index in [1.54, 1.807) is 35.9 Å². The molecule has 10 nitrogen and oxygen atoms in total. The summed E-state index contributed by atoms with van der Waals surface area (Å²) in [6, 6.07) is 6.89. The molecule has 0 saturated carbocycles. The molecule has 3 aromatic rings. The van der Waals surface area contributed by atoms with Gasteiger partial charge in [0.2, 0.25) is 0 Å². The number of hydrogen-bond acceptors (Lipinski definition) is 6. The molecule has 0 unspecified atom stereocenters. The van der Waals surface area contributed by atoms with E-state index >= 15 is 0 Å². The molecule has 152 valence electrons. The number of esters is 1. The predicted molar refractivity (Wildman–Crippen MR) is 108 cm³/mol. The van der Waals surface area contributed by atoms with E-state index in [2.05, 4.69) is 14.7 Å². The van der Waals surface area contributed by atoms with Gasteiger partial charge in [0, 0.05) is 31.1 Å². The van der Waals surface area contributed by atoms with Gasteiger partial charge < -0.3 is 15.0 Å². The molecule has 0 aliphatic carbocycles. The number of nitrogens with one attached hydrogen (secondary N) is 2. The maximum absolute atomic E-state index is 12.8. The third-order valence-electron chi connectivity index (χ3n) is 4.71. The second kappa shape index (κ2) is 8.13. The Morgan fingerprint density at radius 3 is 2.55 bits per heavy atom. The number of methoxy groups -OCH3 is 1. The molecule has 29 heavy (non-hydrogen) atoms. The van der Waals surface area contributed by atoms with Crippen LogP contribution in [0, 0.1) is 5.41 Å². The van der Waals surface area contributed by atoms with Crippen LogP contribution < -0.4 is 17.0 Å². The Labute approximate surface area is 165 Å². The minimum atomic E-state index is -0.526. The minimum absolute atomic E-state index is 0.0408. The van der Waals surface area contributed by atoms with E-state index < -0.39 is 11.2 Å². The second-order valence-electron chi connectivity index (χ2n) is 6.60. The van der Waals surface area contributed by atoms with E-state index in [1.807, 2.05) is 0 Å². The van der Waals surface area contributed by atoms with Gasteiger partial charge in [-0.15, -0.1) is 0 Å². The van der Waals surface area contributed by atoms with Gasteiger partial charge in [0.25, 0.3) is 5.56 Å². The van der Waals surface area contributed by atoms with Crippen molar-refractivity contribution in [3.05, 3.63) is 50.7 Å². The molecular formula is C19H22N6O4. The summed E-state index contributed by atoms with van der Waals surface area (Å²) < 4.78 is 7.31. The van der Waals surface area contributed by atoms with Crippen LogP contribution in [-0.2, 0) is 23.1 Å². The average molecular weight is 398 g/mol. The van der Waals surface area contributed by atoms with Crippen LogP contribution in [0.1, 0.15) is 24.8 Å². The highest BCUT2D eigenvalue weighted by Crippen LogP contribution is 2.21. The molecule has 3 rings (SSSR count). The van der Waals surface area contributed by atoms with Gasteiger partial charge in [0.15, 0.2) is 5.52 Å². The quantitative estimate of drug-likeness (QED) is 0.231. The van der Waals surface area contributed by atoms with Crippen LogP contribution >= 0.6 is 0 Å². The van der Waals surface area contributed by atoms with Crippen molar-refractivity contribution in [2.75, 3.05) is 7.11 Å². The van der Waals surface area contributed by atoms with E-state index in [0.717, 1.165) is 10.1 Å². The SMILES string of the molecule is COC(=O)CCCCn1c(=O)[nH]c2c(nc(-c3ccc(C(=N)N)cc3)n2C)c1=O. The van der Waals surface area contributed by atoms with Gasteiger partial charge in [-0.3, -0.25) is 24.5 Å². The first-order chi connectivity index (χ1) is 13.8. The number of aryl methyl sites for hydroxylation is 1. The Hall–Kier alpha value is -3.69. The number of benzene rings is 1. The van der Waals surface area contributed by atoms with Crippen molar-refractivity contribution >= 4 is 23.0 Å². The van der Waals surface area contributed by atoms with Crippen LogP contribution in [0.2, 0.25) is 0 Å². The molecule has 2 heterocycles. The van der Waals surface area contributed by atoms with Crippen LogP contribution in [0.3, 0.4) is 0 Å². The maximum atomic E-state index is 12.8. The molecule has 0 amide bonds. The molecule has 0 atom stereocenters. The van der Waals surface area contributed by atoms with Crippen LogP contribution in [-0.4, -0.2) is 38.0 Å². The van der Waals surface area contributed by atoms with Crippen molar-refractivity contribution in [1.29, 1.82) is 5.41 Å². The molecular weight excluding hydrogens is 376 g/mol. The van der Waals surface area contributed by atoms with E-state index in [0.29, 0.717) is 29.9 Å². The van der Waals surface area contributed by atoms with E-state index in [9.17, 15) is 14.4 Å². The molecule has 0 aliphatic heterocycles. The topological polar surface area (TPSA) is 149 Å². The Kier molecular flexibility index (Phi) is 5.62. The number of hydrogen-bond donors (Lipinski definition) is 3. The summed E-state index contributed by atoms with van der Waals surface area (Å²) in [5.41, 5.74) is 6.25. The average Bonchev–Trinajstić information content (AvgIpc) is 3.03. The fourth-order valence-corrected chi connectivity index (χ4v) is 3.08. The summed E-state index contributed by atoms with van der Waals surface area (Å²) in [6.45, 7) is 0.181. The number of fused-ring (bicyclic) bond motifs is 1. The van der Waals surface area contributed by atoms with E-state index in [1.165, 1.54) is 7.11 Å². The summed E-state index contributed by atoms with van der Waals surface area (Å²) in [5.74, 6) is 0.138. The van der Waals surface area contributed by atoms with Crippen molar-refractivity contribution in [3.63, 3.8) is 0 Å². The zero-order valence-corrected chi connectivity index (χ0v) is 16.2. The van der Waals surface area contributed by atoms with Gasteiger partial charge in [-0.2, -0.15) is 0 Å². The standard InChI is InChI=1S/C19H22N6O4/c1-24-16(12-8-6-11(7-9-12)15(20)21)22-14-17(24)23-19(28)25(18(14)27)10-4-3-5-13(26)29-2/h6-9H,3-5,10H2,1-2H3,(H3,20,21)(H,23,28). The lowest BCUT2D eigenvalue weighted by atomic mass is 10.1. The number of ether oxygens (including phenoxy) is 1. The lowest BCUT2D eigenvalue weighted by molar-refractivity contribution is -0.140. The van der Waals surface area contributed by atoms with Crippen LogP contribution in [0.5, 0.6) is 0 Å². The number of carbonyl (C=O) groups excluding carboxylic acids is 1. The van der Waals surface area contributed by atoms with Crippen molar-refractivity contribution in [1.82, 2.24) is 19.1 Å². The number of imidazole rings is 1. The molecule has 0 aliphatic rings. The number of carbonyl (C=O) groups is 1. The summed E-state index contributed by atoms with van der Waals surface area (Å²) in [7, 11) is 3.03. The first kappa shape index (κ1) is 20.1. The fraction of sp³-hybridized carbons (Fsp3) is 0.316. The zero-order chi connectivity index (χ0) is 21.1. The Bertz CT molecular complexity index is 1190. The zero-order valence-electron chi connectivity index (χ0n) is 16.2. The minimum Gasteiger partial charge on any atom is -0.469 e. The number of amidine groups is 1. The summed E-state index contributed by atoms with van der Waals surface area (Å²) >= 11 is 0. The largest absolute Gasteiger partial charge is 0.469 e. The first-order valence-electron chi connectivity index (χ1n) is 9.04. The van der Waals surface area contributed by atoms with Crippen molar-refractivity contribution in [2.24, 2.45) is 12.8 Å². The molecule has 0 spiro atoms. The maximum Gasteiger partial charge on any atom is 0.330 e. The first-order valence-corrected chi connectivity index (χ1v) is 9.04. The normalized spacial score (nSPS) is 11.0. The van der Waals surface area contributed by atoms with Gasteiger partial charge in [-0.25, -0.2) is 9.78 Å². The smallest absolute Gasteiger partial charge is 0.330 e. The van der Waals surface area contributed by atoms with Gasteiger partial charge >= 0.3 is 11.7 Å². The van der Waals surface area contributed by atoms with Gasteiger partial charge in [0.1, 0.15) is 17.3 Å². The van der Waals surface area contributed by atoms with Crippen molar-refractivity contribution < 1.29 is 9.53 Å². The van der Waals surface area contributed by atoms with Gasteiger partial charge in [-0.05, 0) is 12.8 Å². The van der Waals surface area contributed by atoms with Crippen molar-refractivity contribution in [2.45, 2.75) is 25.8 Å². The number of aromatic amines is 1. The lowest BCUT2D eigenvalue weighted by Crippen LogP contribution is -2.35. The predicted octanol–water partition coefficient (Wildman–Crippen LogP) is 0.718. The number of rotatable bonds is 7. The molecule has 2 aromatic heterocycles. The lowest BCUT2D eigenvalue weighted by Gasteiger charge is -2.05. The molecule has 0 bridgehead atoms. The number of unbranched alkanes of at least 4 members (excludes halogenated alkanes) is 1. The van der Waals surface area contributed by atoms with E-state index in [-0.39, 0.29) is 30.3 Å². The van der Waals surface area contributed by atoms with E-state index in [4.69, 9.17) is 11.1 Å². The molecule has 0 fully saturated rings. The number of H-pyrrole nitrogens is 1. The third kappa shape index (κ3) is 3.96. The van der Waals surface area contributed by atoms with Crippen LogP contribution in [0.4, 0.5) is 0 Å². The molecule has 0 saturated heterocycles. The Morgan fingerprint density at radius 2 is 1.93 bits per heavy atom.